The van der Waals surface area contributed by atoms with Gasteiger partial charge in [-0.25, -0.2) is 4.98 Å². The van der Waals surface area contributed by atoms with Gasteiger partial charge in [0.2, 0.25) is 0 Å². The molecule has 90 valence electrons. The summed E-state index contributed by atoms with van der Waals surface area (Å²) in [7, 11) is 0. The quantitative estimate of drug-likeness (QED) is 0.830. The van der Waals surface area contributed by atoms with Crippen LogP contribution in [-0.4, -0.2) is 23.2 Å². The van der Waals surface area contributed by atoms with Gasteiger partial charge in [0.25, 0.3) is 0 Å². The van der Waals surface area contributed by atoms with Gasteiger partial charge in [-0.05, 0) is 25.0 Å². The summed E-state index contributed by atoms with van der Waals surface area (Å²) in [6.07, 6.45) is 6.13. The Morgan fingerprint density at radius 2 is 2.24 bits per heavy atom. The zero-order valence-electron chi connectivity index (χ0n) is 9.82. The maximum atomic E-state index is 9.48. The van der Waals surface area contributed by atoms with Crippen LogP contribution in [0.3, 0.4) is 0 Å². The van der Waals surface area contributed by atoms with E-state index >= 15 is 0 Å². The van der Waals surface area contributed by atoms with Gasteiger partial charge in [0.05, 0.1) is 18.2 Å². The summed E-state index contributed by atoms with van der Waals surface area (Å²) < 4.78 is 0. The average molecular weight is 231 g/mol. The Morgan fingerprint density at radius 1 is 1.47 bits per heavy atom. The lowest BCUT2D eigenvalue weighted by atomic mass is 9.87. The maximum absolute atomic E-state index is 9.48. The number of pyridine rings is 1. The lowest BCUT2D eigenvalue weighted by Gasteiger charge is -2.26. The molecule has 17 heavy (non-hydrogen) atoms. The molecule has 1 aromatic heterocycles. The van der Waals surface area contributed by atoms with E-state index in [2.05, 4.69) is 16.4 Å². The molecule has 0 aliphatic heterocycles. The molecule has 1 aromatic rings. The van der Waals surface area contributed by atoms with Crippen LogP contribution in [-0.2, 0) is 0 Å². The minimum atomic E-state index is 0.00429. The number of aromatic nitrogens is 1. The molecule has 1 aliphatic carbocycles. The SMILES string of the molecule is N#Cc1ccnc(NCC2(CO)CCCC2)c1. The summed E-state index contributed by atoms with van der Waals surface area (Å²) in [6.45, 7) is 0.948. The van der Waals surface area contributed by atoms with Crippen LogP contribution in [0.25, 0.3) is 0 Å². The molecule has 0 radical (unpaired) electrons. The van der Waals surface area contributed by atoms with E-state index in [9.17, 15) is 5.11 Å². The van der Waals surface area contributed by atoms with Crippen molar-refractivity contribution >= 4 is 5.82 Å². The highest BCUT2D eigenvalue weighted by molar-refractivity contribution is 5.42. The van der Waals surface area contributed by atoms with E-state index in [-0.39, 0.29) is 12.0 Å². The maximum Gasteiger partial charge on any atom is 0.127 e. The monoisotopic (exact) mass is 231 g/mol. The van der Waals surface area contributed by atoms with Gasteiger partial charge in [-0.3, -0.25) is 0 Å². The number of rotatable bonds is 4. The molecule has 1 fully saturated rings. The zero-order chi connectivity index (χ0) is 12.1. The van der Waals surface area contributed by atoms with Gasteiger partial charge in [-0.1, -0.05) is 12.8 Å². The third-order valence-corrected chi connectivity index (χ3v) is 3.53. The number of hydrogen-bond acceptors (Lipinski definition) is 4. The van der Waals surface area contributed by atoms with Crippen LogP contribution in [0.4, 0.5) is 5.82 Å². The summed E-state index contributed by atoms with van der Waals surface area (Å²) in [5, 5.41) is 21.5. The van der Waals surface area contributed by atoms with E-state index in [0.717, 1.165) is 19.4 Å². The molecule has 1 heterocycles. The van der Waals surface area contributed by atoms with Gasteiger partial charge in [0, 0.05) is 18.2 Å². The Kier molecular flexibility index (Phi) is 3.60. The average Bonchev–Trinajstić information content (AvgIpc) is 2.86. The highest BCUT2D eigenvalue weighted by Crippen LogP contribution is 2.37. The second kappa shape index (κ2) is 5.15. The molecule has 2 rings (SSSR count). The molecule has 0 atom stereocenters. The van der Waals surface area contributed by atoms with Crippen molar-refractivity contribution in [3.8, 4) is 6.07 Å². The summed E-state index contributed by atoms with van der Waals surface area (Å²) in [6, 6.07) is 5.51. The standard InChI is InChI=1S/C13H17N3O/c14-8-11-3-6-15-12(7-11)16-9-13(10-17)4-1-2-5-13/h3,6-7,17H,1-2,4-5,9-10H2,(H,15,16). The fraction of sp³-hybridized carbons (Fsp3) is 0.538. The normalized spacial score (nSPS) is 17.6. The van der Waals surface area contributed by atoms with Crippen molar-refractivity contribution < 1.29 is 5.11 Å². The Labute approximate surface area is 101 Å². The number of nitriles is 1. The van der Waals surface area contributed by atoms with Gasteiger partial charge in [-0.15, -0.1) is 0 Å². The smallest absolute Gasteiger partial charge is 0.127 e. The molecule has 1 aliphatic rings. The van der Waals surface area contributed by atoms with Crippen LogP contribution < -0.4 is 5.32 Å². The molecule has 0 saturated heterocycles. The molecular weight excluding hydrogens is 214 g/mol. The number of aliphatic hydroxyl groups excluding tert-OH is 1. The van der Waals surface area contributed by atoms with E-state index in [1.165, 1.54) is 12.8 Å². The lowest BCUT2D eigenvalue weighted by molar-refractivity contribution is 0.142. The molecule has 2 N–H and O–H groups in total. The summed E-state index contributed by atoms with van der Waals surface area (Å²) >= 11 is 0. The third-order valence-electron chi connectivity index (χ3n) is 3.53. The lowest BCUT2D eigenvalue weighted by Crippen LogP contribution is -2.30. The molecule has 4 nitrogen and oxygen atoms in total. The zero-order valence-corrected chi connectivity index (χ0v) is 9.82. The van der Waals surface area contributed by atoms with Gasteiger partial charge in [-0.2, -0.15) is 5.26 Å². The predicted octanol–water partition coefficient (Wildman–Crippen LogP) is 1.92. The van der Waals surface area contributed by atoms with E-state index < -0.39 is 0 Å². The van der Waals surface area contributed by atoms with E-state index in [1.54, 1.807) is 18.3 Å². The first-order chi connectivity index (χ1) is 8.28. The molecule has 1 saturated carbocycles. The van der Waals surface area contributed by atoms with Crippen molar-refractivity contribution in [2.75, 3.05) is 18.5 Å². The molecule has 0 bridgehead atoms. The minimum Gasteiger partial charge on any atom is -0.396 e. The van der Waals surface area contributed by atoms with Gasteiger partial charge in [0.1, 0.15) is 5.82 Å². The fourth-order valence-corrected chi connectivity index (χ4v) is 2.39. The number of nitrogens with one attached hydrogen (secondary N) is 1. The van der Waals surface area contributed by atoms with Crippen LogP contribution in [0.5, 0.6) is 0 Å². The first kappa shape index (κ1) is 11.9. The summed E-state index contributed by atoms with van der Waals surface area (Å²) in [4.78, 5) is 4.17. The fourth-order valence-electron chi connectivity index (χ4n) is 2.39. The van der Waals surface area contributed by atoms with Crippen LogP contribution in [0, 0.1) is 16.7 Å². The predicted molar refractivity (Wildman–Crippen MR) is 65.4 cm³/mol. The van der Waals surface area contributed by atoms with Crippen LogP contribution in [0.1, 0.15) is 31.2 Å². The van der Waals surface area contributed by atoms with Crippen molar-refractivity contribution in [2.45, 2.75) is 25.7 Å². The van der Waals surface area contributed by atoms with Crippen molar-refractivity contribution in [1.82, 2.24) is 4.98 Å². The first-order valence-electron chi connectivity index (χ1n) is 5.99. The number of anilines is 1. The molecule has 4 heteroatoms. The summed E-state index contributed by atoms with van der Waals surface area (Å²) in [5.74, 6) is 0.712. The third kappa shape index (κ3) is 2.75. The van der Waals surface area contributed by atoms with Crippen molar-refractivity contribution in [1.29, 1.82) is 5.26 Å². The largest absolute Gasteiger partial charge is 0.396 e. The van der Waals surface area contributed by atoms with Crippen molar-refractivity contribution in [3.05, 3.63) is 23.9 Å². The molecular formula is C13H17N3O. The van der Waals surface area contributed by atoms with Crippen LogP contribution >= 0.6 is 0 Å². The Hall–Kier alpha value is -1.60. The van der Waals surface area contributed by atoms with E-state index in [4.69, 9.17) is 5.26 Å². The molecule has 0 amide bonds. The summed E-state index contributed by atoms with van der Waals surface area (Å²) in [5.41, 5.74) is 0.608. The van der Waals surface area contributed by atoms with Crippen molar-refractivity contribution in [2.24, 2.45) is 5.41 Å². The Bertz CT molecular complexity index is 419. The van der Waals surface area contributed by atoms with Crippen LogP contribution in [0.15, 0.2) is 18.3 Å². The minimum absolute atomic E-state index is 0.00429. The van der Waals surface area contributed by atoms with Gasteiger partial charge in [0.15, 0.2) is 0 Å². The molecule has 0 unspecified atom stereocenters. The first-order valence-corrected chi connectivity index (χ1v) is 5.99. The Balaban J connectivity index is 1.99. The highest BCUT2D eigenvalue weighted by Gasteiger charge is 2.32. The van der Waals surface area contributed by atoms with E-state index in [1.807, 2.05) is 0 Å². The van der Waals surface area contributed by atoms with Gasteiger partial charge >= 0.3 is 0 Å². The highest BCUT2D eigenvalue weighted by atomic mass is 16.3. The second-order valence-electron chi connectivity index (χ2n) is 4.76. The van der Waals surface area contributed by atoms with Crippen molar-refractivity contribution in [3.63, 3.8) is 0 Å². The Morgan fingerprint density at radius 3 is 2.88 bits per heavy atom. The number of aliphatic hydroxyl groups is 1. The van der Waals surface area contributed by atoms with Crippen LogP contribution in [0.2, 0.25) is 0 Å². The number of hydrogen-bond donors (Lipinski definition) is 2. The number of nitrogens with zero attached hydrogens (tertiary/aromatic N) is 2. The van der Waals surface area contributed by atoms with Gasteiger partial charge < -0.3 is 10.4 Å². The molecule has 0 aromatic carbocycles. The topological polar surface area (TPSA) is 68.9 Å². The van der Waals surface area contributed by atoms with E-state index in [0.29, 0.717) is 11.4 Å². The second-order valence-corrected chi connectivity index (χ2v) is 4.76. The molecule has 0 spiro atoms.